The largest absolute Gasteiger partial charge is 0.321 e. The molecule has 0 radical (unpaired) electrons. The highest BCUT2D eigenvalue weighted by molar-refractivity contribution is 7.84. The molecule has 2 aromatic carbocycles. The van der Waals surface area contributed by atoms with Crippen molar-refractivity contribution >= 4 is 32.5 Å². The molecule has 0 spiro atoms. The molecule has 6 heteroatoms. The van der Waals surface area contributed by atoms with Crippen molar-refractivity contribution in [1.29, 1.82) is 0 Å². The number of benzene rings is 2. The van der Waals surface area contributed by atoms with Crippen LogP contribution in [0, 0.1) is 0 Å². The lowest BCUT2D eigenvalue weighted by Crippen LogP contribution is -2.28. The Kier molecular flexibility index (Phi) is 8.63. The fraction of sp³-hybridized carbons (Fsp3) is 0.500. The van der Waals surface area contributed by atoms with Crippen molar-refractivity contribution in [3.8, 4) is 0 Å². The minimum atomic E-state index is -1.01. The van der Waals surface area contributed by atoms with Crippen LogP contribution in [0.5, 0.6) is 0 Å². The first-order valence-corrected chi connectivity index (χ1v) is 13.2. The van der Waals surface area contributed by atoms with Gasteiger partial charge in [-0.15, -0.1) is 0 Å². The van der Waals surface area contributed by atoms with Crippen molar-refractivity contribution in [3.63, 3.8) is 0 Å². The molecule has 0 saturated carbocycles. The molecule has 1 N–H and O–H groups in total. The second-order valence-corrected chi connectivity index (χ2v) is 10.2. The van der Waals surface area contributed by atoms with E-state index in [0.29, 0.717) is 0 Å². The zero-order valence-corrected chi connectivity index (χ0v) is 21.0. The summed E-state index contributed by atoms with van der Waals surface area (Å²) in [4.78, 5) is 20.7. The van der Waals surface area contributed by atoms with Crippen LogP contribution >= 0.6 is 0 Å². The lowest BCUT2D eigenvalue weighted by molar-refractivity contribution is 0.256. The third-order valence-electron chi connectivity index (χ3n) is 6.00. The van der Waals surface area contributed by atoms with Crippen molar-refractivity contribution in [2.45, 2.75) is 44.4 Å². The SMILES string of the molecule is CCCN(CCC)CCCN(C)C.CS(=O)c1ccc2[nH]c(=O)c3cccc4c3c2c1C4. The van der Waals surface area contributed by atoms with Gasteiger partial charge in [0.15, 0.2) is 0 Å². The van der Waals surface area contributed by atoms with Gasteiger partial charge in [0.1, 0.15) is 0 Å². The fourth-order valence-corrected chi connectivity index (χ4v) is 5.43. The summed E-state index contributed by atoms with van der Waals surface area (Å²) in [5.41, 5.74) is 3.04. The summed E-state index contributed by atoms with van der Waals surface area (Å²) in [6.45, 7) is 9.52. The number of aromatic amines is 1. The molecule has 0 fully saturated rings. The number of H-pyrrole nitrogens is 1. The number of rotatable bonds is 9. The second kappa shape index (κ2) is 11.2. The van der Waals surface area contributed by atoms with Crippen molar-refractivity contribution in [3.05, 3.63) is 51.8 Å². The topological polar surface area (TPSA) is 56.4 Å². The van der Waals surface area contributed by atoms with E-state index in [4.69, 9.17) is 0 Å². The third kappa shape index (κ3) is 5.48. The van der Waals surface area contributed by atoms with Crippen molar-refractivity contribution < 1.29 is 4.21 Å². The zero-order valence-electron chi connectivity index (χ0n) is 20.2. The lowest BCUT2D eigenvalue weighted by atomic mass is 10.1. The second-order valence-electron chi connectivity index (χ2n) is 8.89. The first-order chi connectivity index (χ1) is 15.4. The van der Waals surface area contributed by atoms with Crippen molar-refractivity contribution in [2.24, 2.45) is 0 Å². The molecule has 1 aliphatic carbocycles. The molecule has 1 atom stereocenters. The summed E-state index contributed by atoms with van der Waals surface area (Å²) in [7, 11) is 3.27. The highest BCUT2D eigenvalue weighted by Crippen LogP contribution is 2.38. The number of nitrogens with zero attached hydrogens (tertiary/aromatic N) is 2. The molecular weight excluding hydrogens is 418 g/mol. The maximum absolute atomic E-state index is 12.1. The minimum Gasteiger partial charge on any atom is -0.321 e. The maximum Gasteiger partial charge on any atom is 0.256 e. The van der Waals surface area contributed by atoms with Crippen LogP contribution in [0.25, 0.3) is 21.7 Å². The van der Waals surface area contributed by atoms with Crippen LogP contribution in [0.4, 0.5) is 0 Å². The van der Waals surface area contributed by atoms with E-state index in [9.17, 15) is 9.00 Å². The average Bonchev–Trinajstić information content (AvgIpc) is 3.14. The van der Waals surface area contributed by atoms with Gasteiger partial charge in [-0.25, -0.2) is 0 Å². The van der Waals surface area contributed by atoms with Gasteiger partial charge in [-0.05, 0) is 95.3 Å². The lowest BCUT2D eigenvalue weighted by Gasteiger charge is -2.21. The zero-order chi connectivity index (χ0) is 23.3. The molecule has 0 bridgehead atoms. The van der Waals surface area contributed by atoms with E-state index >= 15 is 0 Å². The molecule has 1 heterocycles. The highest BCUT2D eigenvalue weighted by Gasteiger charge is 2.22. The van der Waals surface area contributed by atoms with Crippen LogP contribution in [0.2, 0.25) is 0 Å². The Morgan fingerprint density at radius 1 is 0.969 bits per heavy atom. The fourth-order valence-electron chi connectivity index (χ4n) is 4.65. The van der Waals surface area contributed by atoms with Crippen molar-refractivity contribution in [2.75, 3.05) is 46.5 Å². The van der Waals surface area contributed by atoms with Gasteiger partial charge < -0.3 is 14.8 Å². The van der Waals surface area contributed by atoms with Gasteiger partial charge in [-0.2, -0.15) is 0 Å². The monoisotopic (exact) mass is 455 g/mol. The van der Waals surface area contributed by atoms with Gasteiger partial charge in [0, 0.05) is 32.8 Å². The molecule has 0 aliphatic heterocycles. The molecule has 1 unspecified atom stereocenters. The number of nitrogens with one attached hydrogen (secondary N) is 1. The summed E-state index contributed by atoms with van der Waals surface area (Å²) >= 11 is 0. The Balaban J connectivity index is 0.000000198. The predicted molar refractivity (Wildman–Crippen MR) is 137 cm³/mol. The van der Waals surface area contributed by atoms with Crippen LogP contribution in [-0.4, -0.2) is 65.5 Å². The Morgan fingerprint density at radius 3 is 2.31 bits per heavy atom. The number of hydrogen-bond donors (Lipinski definition) is 1. The molecule has 32 heavy (non-hydrogen) atoms. The Labute approximate surface area is 194 Å². The highest BCUT2D eigenvalue weighted by atomic mass is 32.2. The van der Waals surface area contributed by atoms with Crippen LogP contribution < -0.4 is 5.56 Å². The van der Waals surface area contributed by atoms with Gasteiger partial charge in [0.05, 0.1) is 10.8 Å². The van der Waals surface area contributed by atoms with Crippen LogP contribution in [0.3, 0.4) is 0 Å². The molecule has 1 aliphatic rings. The molecule has 3 aromatic rings. The molecule has 1 aromatic heterocycles. The van der Waals surface area contributed by atoms with Crippen LogP contribution in [-0.2, 0) is 17.2 Å². The van der Waals surface area contributed by atoms with Gasteiger partial charge in [-0.3, -0.25) is 9.00 Å². The maximum atomic E-state index is 12.1. The van der Waals surface area contributed by atoms with E-state index in [2.05, 4.69) is 42.7 Å². The van der Waals surface area contributed by atoms with Gasteiger partial charge in [-0.1, -0.05) is 26.0 Å². The molecule has 174 valence electrons. The summed E-state index contributed by atoms with van der Waals surface area (Å²) in [5.74, 6) is 0. The number of aromatic nitrogens is 1. The van der Waals surface area contributed by atoms with E-state index in [1.807, 2.05) is 30.3 Å². The quantitative estimate of drug-likeness (QED) is 0.381. The molecular formula is C26H37N3O2S. The van der Waals surface area contributed by atoms with Crippen molar-refractivity contribution in [1.82, 2.24) is 14.8 Å². The van der Waals surface area contributed by atoms with Gasteiger partial charge in [0.2, 0.25) is 0 Å². The summed E-state index contributed by atoms with van der Waals surface area (Å²) in [6, 6.07) is 9.53. The first kappa shape index (κ1) is 24.6. The molecule has 5 nitrogen and oxygen atoms in total. The third-order valence-corrected chi connectivity index (χ3v) is 7.00. The Hall–Kier alpha value is -2.02. The number of pyridine rings is 1. The average molecular weight is 456 g/mol. The Bertz CT molecular complexity index is 1150. The summed E-state index contributed by atoms with van der Waals surface area (Å²) in [5, 5.41) is 2.82. The van der Waals surface area contributed by atoms with E-state index < -0.39 is 10.8 Å². The Morgan fingerprint density at radius 2 is 1.69 bits per heavy atom. The van der Waals surface area contributed by atoms with Crippen LogP contribution in [0.15, 0.2) is 40.0 Å². The van der Waals surface area contributed by atoms with E-state index in [0.717, 1.165) is 44.1 Å². The normalized spacial score (nSPS) is 13.3. The summed E-state index contributed by atoms with van der Waals surface area (Å²) in [6.07, 6.45) is 6.32. The molecule has 0 saturated heterocycles. The van der Waals surface area contributed by atoms with Gasteiger partial charge in [0.25, 0.3) is 5.56 Å². The van der Waals surface area contributed by atoms with Crippen LogP contribution in [0.1, 0.15) is 44.2 Å². The van der Waals surface area contributed by atoms with Gasteiger partial charge >= 0.3 is 0 Å². The number of hydrogen-bond acceptors (Lipinski definition) is 4. The van der Waals surface area contributed by atoms with E-state index in [-0.39, 0.29) is 5.56 Å². The minimum absolute atomic E-state index is 0.0532. The summed E-state index contributed by atoms with van der Waals surface area (Å²) < 4.78 is 11.9. The molecule has 4 rings (SSSR count). The first-order valence-electron chi connectivity index (χ1n) is 11.7. The standard InChI is InChI=1S/C15H11NO2S.C11H26N2/c1-19(18)12-6-5-11-14-10(12)7-8-3-2-4-9(13(8)14)15(17)16-11;1-5-8-13(9-6-2)11-7-10-12(3)4/h2-6H,7H2,1H3,(H,16,17);5-11H2,1-4H3. The molecule has 0 amide bonds. The smallest absolute Gasteiger partial charge is 0.256 e. The van der Waals surface area contributed by atoms with E-state index in [1.54, 1.807) is 6.26 Å². The van der Waals surface area contributed by atoms with E-state index in [1.165, 1.54) is 45.4 Å². The predicted octanol–water partition coefficient (Wildman–Crippen LogP) is 4.38.